The Labute approximate surface area is 366 Å². The molecule has 1 aromatic heterocycles. The molecule has 2 atom stereocenters. The lowest BCUT2D eigenvalue weighted by Crippen LogP contribution is -2.55. The normalized spacial score (nSPS) is 19.7. The Kier molecular flexibility index (Phi) is 13.6. The first-order valence-corrected chi connectivity index (χ1v) is 22.1. The van der Waals surface area contributed by atoms with Gasteiger partial charge in [-0.05, 0) is 110 Å². The number of phenols is 1. The number of benzene rings is 4. The summed E-state index contributed by atoms with van der Waals surface area (Å²) >= 11 is 0. The van der Waals surface area contributed by atoms with E-state index in [0.717, 1.165) is 49.2 Å². The number of aromatic hydroxyl groups is 1. The summed E-state index contributed by atoms with van der Waals surface area (Å²) in [7, 11) is 0. The molecule has 0 radical (unpaired) electrons. The number of esters is 1. The molecule has 4 N–H and O–H groups in total. The summed E-state index contributed by atoms with van der Waals surface area (Å²) in [5, 5.41) is 24.9. The Balaban J connectivity index is 0.843. The number of rotatable bonds is 16. The third kappa shape index (κ3) is 10.3. The van der Waals surface area contributed by atoms with Gasteiger partial charge in [-0.3, -0.25) is 24.1 Å². The largest absolute Gasteiger partial charge is 0.506 e. The number of aliphatic hydroxyl groups is 1. The lowest BCUT2D eigenvalue weighted by atomic mass is 9.72. The minimum absolute atomic E-state index is 0.0126. The zero-order valence-electron chi connectivity index (χ0n) is 35.5. The van der Waals surface area contributed by atoms with E-state index in [4.69, 9.17) is 4.74 Å². The zero-order chi connectivity index (χ0) is 43.9. The van der Waals surface area contributed by atoms with Gasteiger partial charge in [0, 0.05) is 50.7 Å². The van der Waals surface area contributed by atoms with Crippen LogP contribution in [0.4, 0.5) is 4.39 Å². The van der Waals surface area contributed by atoms with Crippen molar-refractivity contribution in [2.45, 2.75) is 69.1 Å². The van der Waals surface area contributed by atoms with Crippen LogP contribution in [-0.4, -0.2) is 106 Å². The van der Waals surface area contributed by atoms with E-state index in [1.807, 2.05) is 59.5 Å². The molecule has 2 unspecified atom stereocenters. The minimum Gasteiger partial charge on any atom is -0.506 e. The Bertz CT molecular complexity index is 2450. The average Bonchev–Trinajstić information content (AvgIpc) is 3.30. The SMILES string of the molecule is O=C(Cc1ccc(CC(=O)N(CCCNCC(O)c2ccc(O)c3[nH]c(=O)ccc23)Cc2cccc(F)c2)cc1)N1CCC(C(=O)OC2CN3CCC2CC3)(c2ccccc2)CC1. The van der Waals surface area contributed by atoms with Crippen LogP contribution in [-0.2, 0) is 43.9 Å². The molecule has 9 rings (SSSR count). The number of aromatic amines is 1. The topological polar surface area (TPSA) is 156 Å². The smallest absolute Gasteiger partial charge is 0.317 e. The van der Waals surface area contributed by atoms with Gasteiger partial charge in [0.05, 0.1) is 29.9 Å². The number of hydrogen-bond donors (Lipinski definition) is 4. The monoisotopic (exact) mass is 857 g/mol. The Morgan fingerprint density at radius 1 is 0.873 bits per heavy atom. The average molecular weight is 858 g/mol. The molecule has 4 aromatic carbocycles. The number of likely N-dealkylation sites (tertiary alicyclic amines) is 1. The molecule has 63 heavy (non-hydrogen) atoms. The first kappa shape index (κ1) is 43.7. The fourth-order valence-corrected chi connectivity index (χ4v) is 9.59. The third-order valence-electron chi connectivity index (χ3n) is 13.3. The van der Waals surface area contributed by atoms with Crippen LogP contribution in [0.5, 0.6) is 5.75 Å². The van der Waals surface area contributed by atoms with Gasteiger partial charge in [0.15, 0.2) is 0 Å². The number of pyridine rings is 1. The van der Waals surface area contributed by atoms with Crippen molar-refractivity contribution in [3.63, 3.8) is 0 Å². The number of aliphatic hydroxyl groups excluding tert-OH is 1. The maximum atomic E-state index is 14.1. The van der Waals surface area contributed by atoms with Crippen LogP contribution in [0.15, 0.2) is 108 Å². The van der Waals surface area contributed by atoms with E-state index in [1.165, 1.54) is 24.3 Å². The number of carbonyl (C=O) groups excluding carboxylic acids is 3. The molecule has 4 aliphatic heterocycles. The van der Waals surface area contributed by atoms with Crippen LogP contribution in [0, 0.1) is 11.7 Å². The molecule has 2 amide bonds. The van der Waals surface area contributed by atoms with E-state index in [0.29, 0.717) is 67.9 Å². The number of aromatic nitrogens is 1. The van der Waals surface area contributed by atoms with Crippen LogP contribution in [0.2, 0.25) is 0 Å². The molecule has 5 aromatic rings. The number of ether oxygens (including phenoxy) is 1. The van der Waals surface area contributed by atoms with E-state index >= 15 is 0 Å². The number of phenolic OH excluding ortho intramolecular Hbond substituents is 1. The Hall–Kier alpha value is -5.89. The van der Waals surface area contributed by atoms with E-state index in [2.05, 4.69) is 15.2 Å². The maximum absolute atomic E-state index is 14.1. The summed E-state index contributed by atoms with van der Waals surface area (Å²) in [5.41, 5.74) is 2.89. The van der Waals surface area contributed by atoms with E-state index in [1.54, 1.807) is 29.2 Å². The number of carbonyl (C=O) groups is 3. The van der Waals surface area contributed by atoms with Crippen molar-refractivity contribution >= 4 is 28.7 Å². The highest BCUT2D eigenvalue weighted by Gasteiger charge is 2.47. The Morgan fingerprint density at radius 2 is 1.60 bits per heavy atom. The number of hydrogen-bond acceptors (Lipinski definition) is 9. The van der Waals surface area contributed by atoms with Gasteiger partial charge in [-0.25, -0.2) is 4.39 Å². The molecule has 12 nitrogen and oxygen atoms in total. The van der Waals surface area contributed by atoms with Crippen molar-refractivity contribution in [3.8, 4) is 5.75 Å². The summed E-state index contributed by atoms with van der Waals surface area (Å²) in [6.07, 6.45) is 2.99. The van der Waals surface area contributed by atoms with Crippen LogP contribution >= 0.6 is 0 Å². The van der Waals surface area contributed by atoms with Gasteiger partial charge in [-0.15, -0.1) is 0 Å². The van der Waals surface area contributed by atoms with Crippen molar-refractivity contribution in [2.24, 2.45) is 5.92 Å². The Morgan fingerprint density at radius 3 is 2.30 bits per heavy atom. The first-order chi connectivity index (χ1) is 30.5. The van der Waals surface area contributed by atoms with Crippen molar-refractivity contribution in [1.29, 1.82) is 0 Å². The van der Waals surface area contributed by atoms with Gasteiger partial charge in [-0.2, -0.15) is 0 Å². The second kappa shape index (κ2) is 19.7. The van der Waals surface area contributed by atoms with E-state index in [-0.39, 0.29) is 72.5 Å². The molecule has 13 heteroatoms. The molecule has 4 saturated heterocycles. The molecule has 0 spiro atoms. The highest BCUT2D eigenvalue weighted by molar-refractivity contribution is 5.87. The predicted molar refractivity (Wildman–Crippen MR) is 237 cm³/mol. The van der Waals surface area contributed by atoms with Gasteiger partial charge < -0.3 is 35.1 Å². The second-order valence-corrected chi connectivity index (χ2v) is 17.4. The number of nitrogens with zero attached hydrogens (tertiary/aromatic N) is 3. The number of piperidine rings is 4. The van der Waals surface area contributed by atoms with Gasteiger partial charge in [-0.1, -0.05) is 72.8 Å². The van der Waals surface area contributed by atoms with Crippen LogP contribution in [0.25, 0.3) is 10.9 Å². The quantitative estimate of drug-likeness (QED) is 0.0755. The first-order valence-electron chi connectivity index (χ1n) is 22.1. The summed E-state index contributed by atoms with van der Waals surface area (Å²) in [4.78, 5) is 61.8. The number of halogens is 1. The van der Waals surface area contributed by atoms with Gasteiger partial charge >= 0.3 is 5.97 Å². The van der Waals surface area contributed by atoms with Gasteiger partial charge in [0.25, 0.3) is 0 Å². The molecule has 2 bridgehead atoms. The number of nitrogens with one attached hydrogen (secondary N) is 2. The van der Waals surface area contributed by atoms with Crippen molar-refractivity contribution < 1.29 is 33.7 Å². The summed E-state index contributed by atoms with van der Waals surface area (Å²) < 4.78 is 20.5. The second-order valence-electron chi connectivity index (χ2n) is 17.4. The standard InChI is InChI=1S/C50H56FN5O7/c51-39-9-4-6-36(28-39)32-56(23-5-22-52-31-43(58)40-14-16-42(57)48-41(40)15-17-45(59)53-48)47(61)30-35-12-10-34(11-13-35)29-46(60)55-26-20-50(21-27-55,38-7-2-1-3-8-38)49(62)63-44-33-54-24-18-37(44)19-25-54/h1-4,6-17,28,37,43-44,52,57-58H,5,18-27,29-33H2,(H,53,59). The predicted octanol–water partition coefficient (Wildman–Crippen LogP) is 5.40. The van der Waals surface area contributed by atoms with E-state index < -0.39 is 11.5 Å². The summed E-state index contributed by atoms with van der Waals surface area (Å²) in [6.45, 7) is 5.13. The van der Waals surface area contributed by atoms with Crippen LogP contribution in [0.1, 0.15) is 66.0 Å². The molecule has 330 valence electrons. The highest BCUT2D eigenvalue weighted by atomic mass is 19.1. The summed E-state index contributed by atoms with van der Waals surface area (Å²) in [5.74, 6) is -0.367. The fourth-order valence-electron chi connectivity index (χ4n) is 9.59. The molecule has 4 aliphatic rings. The van der Waals surface area contributed by atoms with Crippen molar-refractivity contribution in [3.05, 3.63) is 147 Å². The van der Waals surface area contributed by atoms with Crippen LogP contribution < -0.4 is 10.9 Å². The molecular weight excluding hydrogens is 802 g/mol. The summed E-state index contributed by atoms with van der Waals surface area (Å²) in [6, 6.07) is 29.5. The molecule has 5 heterocycles. The lowest BCUT2D eigenvalue weighted by Gasteiger charge is -2.46. The number of H-pyrrole nitrogens is 1. The molecule has 0 saturated carbocycles. The van der Waals surface area contributed by atoms with Crippen LogP contribution in [0.3, 0.4) is 0 Å². The van der Waals surface area contributed by atoms with E-state index in [9.17, 15) is 33.8 Å². The van der Waals surface area contributed by atoms with Gasteiger partial charge in [0.2, 0.25) is 17.4 Å². The fraction of sp³-hybridized carbons (Fsp3) is 0.400. The molecular formula is C50H56FN5O7. The van der Waals surface area contributed by atoms with Crippen molar-refractivity contribution in [2.75, 3.05) is 52.4 Å². The number of amides is 2. The highest BCUT2D eigenvalue weighted by Crippen LogP contribution is 2.39. The lowest BCUT2D eigenvalue weighted by molar-refractivity contribution is -0.168. The van der Waals surface area contributed by atoms with Gasteiger partial charge in [0.1, 0.15) is 17.7 Å². The molecule has 0 aliphatic carbocycles. The maximum Gasteiger partial charge on any atom is 0.317 e. The zero-order valence-corrected chi connectivity index (χ0v) is 35.5. The molecule has 4 fully saturated rings. The third-order valence-corrected chi connectivity index (χ3v) is 13.3. The van der Waals surface area contributed by atoms with Crippen molar-refractivity contribution in [1.82, 2.24) is 25.0 Å². The minimum atomic E-state index is -0.920. The number of fused-ring (bicyclic) bond motifs is 4.